The van der Waals surface area contributed by atoms with Crippen LogP contribution < -0.4 is 10.1 Å². The molecule has 0 aliphatic carbocycles. The summed E-state index contributed by atoms with van der Waals surface area (Å²) in [5, 5.41) is 11.8. The molecule has 1 aliphatic rings. The number of carbonyl (C=O) groups is 2. The maximum Gasteiger partial charge on any atom is 0.374 e. The maximum absolute atomic E-state index is 13.7. The summed E-state index contributed by atoms with van der Waals surface area (Å²) < 4.78 is 46.5. The second kappa shape index (κ2) is 10.7. The molecule has 0 spiro atoms. The number of nitrogens with zero attached hydrogens (tertiary/aromatic N) is 2. The van der Waals surface area contributed by atoms with Crippen molar-refractivity contribution < 1.29 is 32.6 Å². The van der Waals surface area contributed by atoms with Crippen LogP contribution >= 0.6 is 0 Å². The molecule has 39 heavy (non-hydrogen) atoms. The minimum absolute atomic E-state index is 0.00774. The number of hydrogen-bond acceptors (Lipinski definition) is 5. The standard InChI is InChI=1S/C29H24F3N3O4/c30-19-10-7-17(8-11-19)26-23(5-3-14-29(31,32)28(37)38)33-24-16-18(9-12-22(24)34-26)27(36)35-21-13-15-39-25-6-2-1-4-20(21)25/h1-2,4,6-12,16,21H,3,5,13-15H2,(H,35,36)(H,37,38). The summed E-state index contributed by atoms with van der Waals surface area (Å²) in [5.41, 5.74) is 3.32. The molecule has 1 atom stereocenters. The van der Waals surface area contributed by atoms with Crippen molar-refractivity contribution in [3.05, 3.63) is 89.4 Å². The summed E-state index contributed by atoms with van der Waals surface area (Å²) in [5.74, 6) is -6.09. The van der Waals surface area contributed by atoms with E-state index in [0.717, 1.165) is 11.3 Å². The third-order valence-electron chi connectivity index (χ3n) is 6.60. The Kier molecular flexibility index (Phi) is 7.19. The molecule has 1 unspecified atom stereocenters. The number of hydrogen-bond donors (Lipinski definition) is 2. The van der Waals surface area contributed by atoms with Gasteiger partial charge in [-0.25, -0.2) is 19.2 Å². The van der Waals surface area contributed by atoms with Crippen LogP contribution in [0.2, 0.25) is 0 Å². The van der Waals surface area contributed by atoms with Crippen molar-refractivity contribution >= 4 is 22.9 Å². The van der Waals surface area contributed by atoms with E-state index in [1.807, 2.05) is 24.3 Å². The van der Waals surface area contributed by atoms with E-state index in [4.69, 9.17) is 9.84 Å². The molecule has 0 radical (unpaired) electrons. The molecule has 0 bridgehead atoms. The van der Waals surface area contributed by atoms with Crippen LogP contribution in [-0.2, 0) is 11.2 Å². The zero-order chi connectivity index (χ0) is 27.6. The number of carboxylic acids is 1. The highest BCUT2D eigenvalue weighted by atomic mass is 19.3. The SMILES string of the molecule is O=C(NC1CCOc2ccccc21)c1ccc2nc(-c3ccc(F)cc3)c(CCCC(F)(F)C(=O)O)nc2c1. The molecule has 1 aliphatic heterocycles. The van der Waals surface area contributed by atoms with Gasteiger partial charge in [-0.1, -0.05) is 18.2 Å². The number of halogens is 3. The first-order valence-corrected chi connectivity index (χ1v) is 12.4. The Hall–Kier alpha value is -4.47. The number of para-hydroxylation sites is 1. The molecule has 10 heteroatoms. The van der Waals surface area contributed by atoms with Crippen molar-refractivity contribution in [1.82, 2.24) is 15.3 Å². The average molecular weight is 536 g/mol. The summed E-state index contributed by atoms with van der Waals surface area (Å²) in [6.45, 7) is 0.474. The summed E-state index contributed by atoms with van der Waals surface area (Å²) in [7, 11) is 0. The highest BCUT2D eigenvalue weighted by Crippen LogP contribution is 2.32. The van der Waals surface area contributed by atoms with Gasteiger partial charge in [0.2, 0.25) is 0 Å². The first-order chi connectivity index (χ1) is 18.7. The Balaban J connectivity index is 1.44. The molecule has 0 saturated carbocycles. The molecule has 1 aromatic heterocycles. The van der Waals surface area contributed by atoms with Crippen molar-refractivity contribution in [2.24, 2.45) is 0 Å². The predicted molar refractivity (Wildman–Crippen MR) is 137 cm³/mol. The van der Waals surface area contributed by atoms with E-state index in [-0.39, 0.29) is 24.8 Å². The lowest BCUT2D eigenvalue weighted by atomic mass is 10.00. The van der Waals surface area contributed by atoms with Gasteiger partial charge in [0.1, 0.15) is 11.6 Å². The van der Waals surface area contributed by atoms with Crippen LogP contribution in [0.1, 0.15) is 46.9 Å². The van der Waals surface area contributed by atoms with Crippen molar-refractivity contribution in [2.75, 3.05) is 6.61 Å². The minimum atomic E-state index is -3.87. The molecule has 3 aromatic carbocycles. The fourth-order valence-electron chi connectivity index (χ4n) is 4.56. The number of carboxylic acid groups (broad SMARTS) is 1. The fourth-order valence-corrected chi connectivity index (χ4v) is 4.56. The van der Waals surface area contributed by atoms with Crippen LogP contribution in [0.4, 0.5) is 13.2 Å². The van der Waals surface area contributed by atoms with E-state index >= 15 is 0 Å². The number of nitrogens with one attached hydrogen (secondary N) is 1. The number of aromatic nitrogens is 2. The second-order valence-electron chi connectivity index (χ2n) is 9.29. The van der Waals surface area contributed by atoms with E-state index < -0.39 is 24.1 Å². The van der Waals surface area contributed by atoms with Crippen LogP contribution in [0.25, 0.3) is 22.3 Å². The lowest BCUT2D eigenvalue weighted by Crippen LogP contribution is -2.32. The molecule has 5 rings (SSSR count). The van der Waals surface area contributed by atoms with Crippen molar-refractivity contribution in [3.8, 4) is 17.0 Å². The molecule has 7 nitrogen and oxygen atoms in total. The molecule has 2 heterocycles. The summed E-state index contributed by atoms with van der Waals surface area (Å²) in [6.07, 6.45) is -0.424. The van der Waals surface area contributed by atoms with Gasteiger partial charge >= 0.3 is 11.9 Å². The third-order valence-corrected chi connectivity index (χ3v) is 6.60. The molecule has 0 saturated heterocycles. The van der Waals surface area contributed by atoms with Crippen LogP contribution in [0, 0.1) is 5.82 Å². The van der Waals surface area contributed by atoms with Gasteiger partial charge in [0.15, 0.2) is 0 Å². The number of benzene rings is 3. The van der Waals surface area contributed by atoms with Crippen LogP contribution in [0.15, 0.2) is 66.7 Å². The number of carbonyl (C=O) groups excluding carboxylic acids is 1. The monoisotopic (exact) mass is 535 g/mol. The summed E-state index contributed by atoms with van der Waals surface area (Å²) in [4.78, 5) is 33.2. The fraction of sp³-hybridized carbons (Fsp3) is 0.241. The van der Waals surface area contributed by atoms with Gasteiger partial charge in [0.25, 0.3) is 5.91 Å². The Labute approximate surface area is 221 Å². The van der Waals surface area contributed by atoms with E-state index in [1.165, 1.54) is 24.3 Å². The van der Waals surface area contributed by atoms with Crippen molar-refractivity contribution in [2.45, 2.75) is 37.6 Å². The second-order valence-corrected chi connectivity index (χ2v) is 9.29. The summed E-state index contributed by atoms with van der Waals surface area (Å²) >= 11 is 0. The number of fused-ring (bicyclic) bond motifs is 2. The van der Waals surface area contributed by atoms with Crippen LogP contribution in [-0.4, -0.2) is 39.5 Å². The van der Waals surface area contributed by atoms with Crippen molar-refractivity contribution in [1.29, 1.82) is 0 Å². The van der Waals surface area contributed by atoms with E-state index in [2.05, 4.69) is 15.3 Å². The molecule has 4 aromatic rings. The van der Waals surface area contributed by atoms with E-state index in [0.29, 0.717) is 46.6 Å². The Bertz CT molecular complexity index is 1540. The zero-order valence-electron chi connectivity index (χ0n) is 20.7. The summed E-state index contributed by atoms with van der Waals surface area (Å²) in [6, 6.07) is 17.6. The Morgan fingerprint density at radius 3 is 2.56 bits per heavy atom. The van der Waals surface area contributed by atoms with Gasteiger partial charge < -0.3 is 15.2 Å². The maximum atomic E-state index is 13.7. The van der Waals surface area contributed by atoms with Gasteiger partial charge in [-0.2, -0.15) is 8.78 Å². The largest absolute Gasteiger partial charge is 0.493 e. The van der Waals surface area contributed by atoms with Crippen LogP contribution in [0.5, 0.6) is 5.75 Å². The number of aryl methyl sites for hydroxylation is 1. The predicted octanol–water partition coefficient (Wildman–Crippen LogP) is 5.73. The van der Waals surface area contributed by atoms with Gasteiger partial charge in [0.05, 0.1) is 35.1 Å². The quantitative estimate of drug-likeness (QED) is 0.299. The first-order valence-electron chi connectivity index (χ1n) is 12.4. The Morgan fingerprint density at radius 1 is 1.03 bits per heavy atom. The van der Waals surface area contributed by atoms with E-state index in [9.17, 15) is 22.8 Å². The smallest absolute Gasteiger partial charge is 0.374 e. The van der Waals surface area contributed by atoms with Gasteiger partial charge in [-0.15, -0.1) is 0 Å². The zero-order valence-corrected chi connectivity index (χ0v) is 20.7. The highest BCUT2D eigenvalue weighted by Gasteiger charge is 2.37. The highest BCUT2D eigenvalue weighted by molar-refractivity contribution is 5.97. The Morgan fingerprint density at radius 2 is 1.79 bits per heavy atom. The number of aliphatic carboxylic acids is 1. The lowest BCUT2D eigenvalue weighted by Gasteiger charge is -2.26. The molecule has 1 amide bonds. The average Bonchev–Trinajstić information content (AvgIpc) is 2.93. The van der Waals surface area contributed by atoms with Gasteiger partial charge in [-0.3, -0.25) is 4.79 Å². The number of rotatable bonds is 8. The van der Waals surface area contributed by atoms with Gasteiger partial charge in [-0.05, 0) is 61.4 Å². The topological polar surface area (TPSA) is 101 Å². The van der Waals surface area contributed by atoms with E-state index in [1.54, 1.807) is 18.2 Å². The minimum Gasteiger partial charge on any atom is -0.493 e. The molecule has 2 N–H and O–H groups in total. The molecule has 200 valence electrons. The van der Waals surface area contributed by atoms with Gasteiger partial charge in [0, 0.05) is 29.5 Å². The number of alkyl halides is 2. The third kappa shape index (κ3) is 5.69. The number of amides is 1. The molecular formula is C29H24F3N3O4. The van der Waals surface area contributed by atoms with Crippen molar-refractivity contribution in [3.63, 3.8) is 0 Å². The molecule has 0 fully saturated rings. The number of ether oxygens (including phenoxy) is 1. The first kappa shape index (κ1) is 26.1. The van der Waals surface area contributed by atoms with Crippen LogP contribution in [0.3, 0.4) is 0 Å². The normalized spacial score (nSPS) is 14.9. The lowest BCUT2D eigenvalue weighted by molar-refractivity contribution is -0.165. The molecular weight excluding hydrogens is 511 g/mol.